The lowest BCUT2D eigenvalue weighted by Crippen LogP contribution is -2.61. The Balaban J connectivity index is 1.74. The number of carbonyl (C=O) groups excluding carboxylic acids is 2. The van der Waals surface area contributed by atoms with Gasteiger partial charge in [0.15, 0.2) is 5.78 Å². The topological polar surface area (TPSA) is 121 Å². The van der Waals surface area contributed by atoms with Gasteiger partial charge in [0, 0.05) is 12.8 Å². The Morgan fingerprint density at radius 1 is 1.15 bits per heavy atom. The number of hydrogen-bond acceptors (Lipinski definition) is 6. The van der Waals surface area contributed by atoms with E-state index in [9.17, 15) is 29.7 Å². The number of unbranched alkanes of at least 4 members (excludes halogenated alkanes) is 1. The van der Waals surface area contributed by atoms with Crippen LogP contribution in [0.3, 0.4) is 0 Å². The highest BCUT2D eigenvalue weighted by molar-refractivity contribution is 5.92. The Morgan fingerprint density at radius 3 is 2.53 bits per heavy atom. The first-order valence-electron chi connectivity index (χ1n) is 13.0. The van der Waals surface area contributed by atoms with Gasteiger partial charge in [-0.3, -0.25) is 14.4 Å². The number of ketones is 1. The van der Waals surface area contributed by atoms with Gasteiger partial charge < -0.3 is 20.1 Å². The van der Waals surface area contributed by atoms with Crippen molar-refractivity contribution in [1.82, 2.24) is 0 Å². The van der Waals surface area contributed by atoms with Gasteiger partial charge in [-0.1, -0.05) is 27.2 Å². The number of rotatable bonds is 7. The molecular formula is C27H40O7. The normalized spacial score (nSPS) is 43.4. The average molecular weight is 477 g/mol. The zero-order chi connectivity index (χ0) is 24.9. The minimum absolute atomic E-state index is 0.00682. The predicted octanol–water partition coefficient (Wildman–Crippen LogP) is 3.65. The van der Waals surface area contributed by atoms with E-state index in [0.29, 0.717) is 37.9 Å². The van der Waals surface area contributed by atoms with Crippen LogP contribution in [-0.2, 0) is 19.1 Å². The molecule has 190 valence electrons. The van der Waals surface area contributed by atoms with Crippen molar-refractivity contribution in [2.75, 3.05) is 6.61 Å². The third-order valence-electron chi connectivity index (χ3n) is 10.2. The lowest BCUT2D eigenvalue weighted by atomic mass is 9.43. The van der Waals surface area contributed by atoms with E-state index < -0.39 is 35.0 Å². The summed E-state index contributed by atoms with van der Waals surface area (Å²) in [7, 11) is 0. The molecule has 3 fully saturated rings. The zero-order valence-electron chi connectivity index (χ0n) is 20.7. The van der Waals surface area contributed by atoms with Gasteiger partial charge in [0.05, 0.1) is 24.2 Å². The molecule has 3 saturated carbocycles. The van der Waals surface area contributed by atoms with E-state index >= 15 is 0 Å². The van der Waals surface area contributed by atoms with Crippen molar-refractivity contribution in [3.05, 3.63) is 11.6 Å². The van der Waals surface area contributed by atoms with E-state index in [0.717, 1.165) is 25.7 Å². The molecule has 0 aromatic carbocycles. The number of carbonyl (C=O) groups is 3. The van der Waals surface area contributed by atoms with Crippen molar-refractivity contribution in [2.45, 2.75) is 96.7 Å². The molecule has 0 amide bonds. The summed E-state index contributed by atoms with van der Waals surface area (Å²) in [5.41, 5.74) is -1.35. The highest BCUT2D eigenvalue weighted by Crippen LogP contribution is 2.69. The van der Waals surface area contributed by atoms with Crippen LogP contribution in [0.5, 0.6) is 0 Å². The maximum Gasteiger partial charge on any atom is 0.312 e. The van der Waals surface area contributed by atoms with E-state index in [-0.39, 0.29) is 41.8 Å². The summed E-state index contributed by atoms with van der Waals surface area (Å²) in [4.78, 5) is 37.0. The maximum atomic E-state index is 13.4. The lowest BCUT2D eigenvalue weighted by Gasteiger charge is -2.61. The highest BCUT2D eigenvalue weighted by Gasteiger charge is 2.68. The smallest absolute Gasteiger partial charge is 0.312 e. The Bertz CT molecular complexity index is 880. The van der Waals surface area contributed by atoms with Crippen molar-refractivity contribution in [3.8, 4) is 0 Å². The number of aliphatic carboxylic acids is 1. The molecule has 0 aromatic rings. The largest absolute Gasteiger partial charge is 0.481 e. The second kappa shape index (κ2) is 9.05. The zero-order valence-corrected chi connectivity index (χ0v) is 20.7. The molecule has 3 N–H and O–H groups in total. The summed E-state index contributed by atoms with van der Waals surface area (Å²) in [6, 6.07) is 0. The van der Waals surface area contributed by atoms with Crippen LogP contribution >= 0.6 is 0 Å². The Labute approximate surface area is 201 Å². The molecular weight excluding hydrogens is 436 g/mol. The molecule has 0 unspecified atom stereocenters. The second-order valence-corrected chi connectivity index (χ2v) is 11.7. The van der Waals surface area contributed by atoms with Crippen LogP contribution in [-0.4, -0.2) is 51.4 Å². The SMILES string of the molecule is CCCCOC(=O)[C@H]1[C@@H]2[C@H](CC[C@@]3(C)[C@H]2CC[C@@]3(O)CCC(=O)O)[C@@]2(C)CCC(=O)C=C2[C@@H]1O. The van der Waals surface area contributed by atoms with E-state index in [2.05, 4.69) is 6.92 Å². The minimum Gasteiger partial charge on any atom is -0.481 e. The van der Waals surface area contributed by atoms with Crippen LogP contribution in [0.15, 0.2) is 11.6 Å². The van der Waals surface area contributed by atoms with Crippen LogP contribution < -0.4 is 0 Å². The van der Waals surface area contributed by atoms with Crippen molar-refractivity contribution in [2.24, 2.45) is 34.5 Å². The number of fused-ring (bicyclic) bond motifs is 5. The van der Waals surface area contributed by atoms with Crippen LogP contribution in [0.2, 0.25) is 0 Å². The quantitative estimate of drug-likeness (QED) is 0.379. The number of ether oxygens (including phenoxy) is 1. The molecule has 4 rings (SSSR count). The van der Waals surface area contributed by atoms with Gasteiger partial charge >= 0.3 is 11.9 Å². The lowest BCUT2D eigenvalue weighted by molar-refractivity contribution is -0.182. The molecule has 8 atom stereocenters. The minimum atomic E-state index is -1.11. The molecule has 0 radical (unpaired) electrons. The van der Waals surface area contributed by atoms with Crippen molar-refractivity contribution < 1.29 is 34.4 Å². The third kappa shape index (κ3) is 3.83. The van der Waals surface area contributed by atoms with Crippen LogP contribution in [0, 0.1) is 34.5 Å². The van der Waals surface area contributed by atoms with Gasteiger partial charge in [-0.05, 0) is 85.2 Å². The number of carboxylic acids is 1. The first-order chi connectivity index (χ1) is 16.0. The first-order valence-corrected chi connectivity index (χ1v) is 13.0. The van der Waals surface area contributed by atoms with Crippen LogP contribution in [0.1, 0.15) is 85.0 Å². The van der Waals surface area contributed by atoms with Gasteiger partial charge in [0.2, 0.25) is 0 Å². The Kier molecular flexibility index (Phi) is 6.75. The summed E-state index contributed by atoms with van der Waals surface area (Å²) < 4.78 is 5.64. The summed E-state index contributed by atoms with van der Waals surface area (Å²) >= 11 is 0. The summed E-state index contributed by atoms with van der Waals surface area (Å²) in [5.74, 6) is -2.24. The third-order valence-corrected chi connectivity index (χ3v) is 10.2. The summed E-state index contributed by atoms with van der Waals surface area (Å²) in [6.07, 6.45) is 6.00. The molecule has 0 bridgehead atoms. The highest BCUT2D eigenvalue weighted by atomic mass is 16.5. The number of aliphatic hydroxyl groups excluding tert-OH is 1. The van der Waals surface area contributed by atoms with Gasteiger partial charge in [-0.2, -0.15) is 0 Å². The van der Waals surface area contributed by atoms with E-state index in [1.165, 1.54) is 0 Å². The van der Waals surface area contributed by atoms with E-state index in [1.807, 2.05) is 13.8 Å². The number of carboxylic acid groups (broad SMARTS) is 1. The Morgan fingerprint density at radius 2 is 1.85 bits per heavy atom. The molecule has 7 nitrogen and oxygen atoms in total. The average Bonchev–Trinajstić information content (AvgIpc) is 3.05. The summed E-state index contributed by atoms with van der Waals surface area (Å²) in [5, 5.41) is 32.5. The molecule has 4 aliphatic carbocycles. The molecule has 0 saturated heterocycles. The summed E-state index contributed by atoms with van der Waals surface area (Å²) in [6.45, 7) is 6.49. The van der Waals surface area contributed by atoms with Gasteiger partial charge in [-0.15, -0.1) is 0 Å². The second-order valence-electron chi connectivity index (χ2n) is 11.7. The van der Waals surface area contributed by atoms with Crippen LogP contribution in [0.4, 0.5) is 0 Å². The Hall–Kier alpha value is -1.73. The van der Waals surface area contributed by atoms with E-state index in [4.69, 9.17) is 4.74 Å². The predicted molar refractivity (Wildman–Crippen MR) is 125 cm³/mol. The molecule has 7 heteroatoms. The maximum absolute atomic E-state index is 13.4. The molecule has 0 aromatic heterocycles. The number of hydrogen-bond donors (Lipinski definition) is 3. The van der Waals surface area contributed by atoms with E-state index in [1.54, 1.807) is 6.08 Å². The fraction of sp³-hybridized carbons (Fsp3) is 0.815. The number of aliphatic hydroxyl groups is 2. The van der Waals surface area contributed by atoms with Crippen molar-refractivity contribution >= 4 is 17.7 Å². The molecule has 0 heterocycles. The van der Waals surface area contributed by atoms with Crippen molar-refractivity contribution in [1.29, 1.82) is 0 Å². The molecule has 34 heavy (non-hydrogen) atoms. The fourth-order valence-corrected chi connectivity index (χ4v) is 8.14. The fourth-order valence-electron chi connectivity index (χ4n) is 8.14. The van der Waals surface area contributed by atoms with Gasteiger partial charge in [0.1, 0.15) is 0 Å². The van der Waals surface area contributed by atoms with Gasteiger partial charge in [0.25, 0.3) is 0 Å². The molecule has 4 aliphatic rings. The van der Waals surface area contributed by atoms with Gasteiger partial charge in [-0.25, -0.2) is 0 Å². The van der Waals surface area contributed by atoms with Crippen molar-refractivity contribution in [3.63, 3.8) is 0 Å². The first kappa shape index (κ1) is 25.4. The molecule has 0 aliphatic heterocycles. The molecule has 0 spiro atoms. The van der Waals surface area contributed by atoms with Crippen LogP contribution in [0.25, 0.3) is 0 Å². The monoisotopic (exact) mass is 476 g/mol. The standard InChI is InChI=1S/C27H40O7/c1-4-5-14-34-24(32)22-21-17(25(2)10-6-16(28)15-19(25)23(22)31)7-11-26(3)18(21)8-12-27(26,33)13-9-20(29)30/h15,17-18,21-23,31,33H,4-14H2,1-3H3,(H,29,30)/t17-,18-,21+,22-,23-,25+,26-,27+/m0/s1. The number of esters is 1.